The van der Waals surface area contributed by atoms with Crippen molar-refractivity contribution in [1.82, 2.24) is 14.9 Å². The monoisotopic (exact) mass is 411 g/mol. The van der Waals surface area contributed by atoms with Gasteiger partial charge in [-0.25, -0.2) is 18.7 Å². The van der Waals surface area contributed by atoms with Gasteiger partial charge >= 0.3 is 0 Å². The predicted octanol–water partition coefficient (Wildman–Crippen LogP) is 4.53. The van der Waals surface area contributed by atoms with Gasteiger partial charge in [0.15, 0.2) is 0 Å². The van der Waals surface area contributed by atoms with E-state index in [9.17, 15) is 4.39 Å². The number of fused-ring (bicyclic) bond motifs is 1. The van der Waals surface area contributed by atoms with Crippen molar-refractivity contribution >= 4 is 22.5 Å². The van der Waals surface area contributed by atoms with Crippen LogP contribution in [0.1, 0.15) is 30.9 Å². The van der Waals surface area contributed by atoms with Gasteiger partial charge in [-0.15, -0.1) is 0 Å². The molecule has 1 aliphatic heterocycles. The smallest absolute Gasteiger partial charge is 0.223 e. The van der Waals surface area contributed by atoms with Crippen molar-refractivity contribution < 1.29 is 8.78 Å². The van der Waals surface area contributed by atoms with Gasteiger partial charge in [0.1, 0.15) is 11.6 Å². The van der Waals surface area contributed by atoms with Crippen LogP contribution in [-0.4, -0.2) is 41.0 Å². The van der Waals surface area contributed by atoms with Crippen molar-refractivity contribution in [1.29, 1.82) is 0 Å². The molecule has 0 saturated carbocycles. The number of aromatic nitrogens is 2. The van der Waals surface area contributed by atoms with Crippen LogP contribution in [-0.2, 0) is 6.42 Å². The Morgan fingerprint density at radius 2 is 1.97 bits per heavy atom. The summed E-state index contributed by atoms with van der Waals surface area (Å²) in [4.78, 5) is 11.3. The van der Waals surface area contributed by atoms with Crippen molar-refractivity contribution in [2.24, 2.45) is 0 Å². The highest BCUT2D eigenvalue weighted by atomic mass is 19.1. The van der Waals surface area contributed by atoms with Crippen molar-refractivity contribution in [3.8, 4) is 11.1 Å². The first kappa shape index (κ1) is 20.5. The summed E-state index contributed by atoms with van der Waals surface area (Å²) in [7, 11) is 2.11. The summed E-state index contributed by atoms with van der Waals surface area (Å²) in [5, 5.41) is 3.68. The molecule has 0 spiro atoms. The highest BCUT2D eigenvalue weighted by Gasteiger charge is 2.21. The molecule has 7 heteroatoms. The number of hydrogen-bond acceptors (Lipinski definition) is 5. The molecule has 1 aromatic heterocycles. The van der Waals surface area contributed by atoms with E-state index in [-0.39, 0.29) is 11.1 Å². The number of piperidine rings is 1. The zero-order valence-corrected chi connectivity index (χ0v) is 17.6. The van der Waals surface area contributed by atoms with E-state index in [4.69, 9.17) is 5.73 Å². The summed E-state index contributed by atoms with van der Waals surface area (Å²) in [6, 6.07) is 4.77. The van der Waals surface area contributed by atoms with E-state index in [1.54, 1.807) is 13.0 Å². The zero-order valence-electron chi connectivity index (χ0n) is 17.6. The SMILES string of the molecule is CCc1cc(-c2c(F)ccc(N)c2C)c(F)c2cnc(NC3CCN(C)CC3)nc12. The van der Waals surface area contributed by atoms with E-state index >= 15 is 4.39 Å². The second-order valence-corrected chi connectivity index (χ2v) is 8.07. The van der Waals surface area contributed by atoms with Crippen LogP contribution in [0.3, 0.4) is 0 Å². The Labute approximate surface area is 175 Å². The maximum absolute atomic E-state index is 15.5. The van der Waals surface area contributed by atoms with Gasteiger partial charge in [0.05, 0.1) is 10.9 Å². The molecule has 5 nitrogen and oxygen atoms in total. The lowest BCUT2D eigenvalue weighted by Crippen LogP contribution is -2.37. The van der Waals surface area contributed by atoms with Crippen LogP contribution in [0.5, 0.6) is 0 Å². The third kappa shape index (κ3) is 3.69. The van der Waals surface area contributed by atoms with Gasteiger partial charge in [0.25, 0.3) is 0 Å². The highest BCUT2D eigenvalue weighted by molar-refractivity contribution is 5.90. The van der Waals surface area contributed by atoms with Gasteiger partial charge in [-0.3, -0.25) is 0 Å². The number of nitrogens with zero attached hydrogens (tertiary/aromatic N) is 3. The predicted molar refractivity (Wildman–Crippen MR) is 118 cm³/mol. The fourth-order valence-corrected chi connectivity index (χ4v) is 4.12. The molecule has 158 valence electrons. The number of rotatable bonds is 4. The average Bonchev–Trinajstić information content (AvgIpc) is 2.74. The lowest BCUT2D eigenvalue weighted by atomic mass is 9.94. The number of aryl methyl sites for hydroxylation is 1. The maximum Gasteiger partial charge on any atom is 0.223 e. The largest absolute Gasteiger partial charge is 0.398 e. The number of likely N-dealkylation sites (tertiary alicyclic amines) is 1. The number of hydrogen-bond donors (Lipinski definition) is 2. The Kier molecular flexibility index (Phi) is 5.56. The molecule has 2 aromatic carbocycles. The molecule has 0 amide bonds. The van der Waals surface area contributed by atoms with Crippen LogP contribution >= 0.6 is 0 Å². The Balaban J connectivity index is 1.78. The first-order chi connectivity index (χ1) is 14.4. The molecule has 4 rings (SSSR count). The average molecular weight is 412 g/mol. The topological polar surface area (TPSA) is 67.1 Å². The number of anilines is 2. The van der Waals surface area contributed by atoms with Crippen LogP contribution in [0.2, 0.25) is 0 Å². The van der Waals surface area contributed by atoms with Gasteiger partial charge in [0, 0.05) is 29.1 Å². The van der Waals surface area contributed by atoms with Crippen LogP contribution in [0, 0.1) is 18.6 Å². The summed E-state index contributed by atoms with van der Waals surface area (Å²) in [5.41, 5.74) is 8.70. The zero-order chi connectivity index (χ0) is 21.4. The minimum Gasteiger partial charge on any atom is -0.398 e. The highest BCUT2D eigenvalue weighted by Crippen LogP contribution is 2.36. The molecule has 0 aliphatic carbocycles. The van der Waals surface area contributed by atoms with E-state index in [1.165, 1.54) is 18.3 Å². The van der Waals surface area contributed by atoms with E-state index < -0.39 is 11.6 Å². The number of nitrogen functional groups attached to an aromatic ring is 1. The van der Waals surface area contributed by atoms with Crippen LogP contribution in [0.4, 0.5) is 20.4 Å². The van der Waals surface area contributed by atoms with Gasteiger partial charge in [-0.2, -0.15) is 0 Å². The number of halogens is 2. The summed E-state index contributed by atoms with van der Waals surface area (Å²) >= 11 is 0. The molecule has 1 saturated heterocycles. The van der Waals surface area contributed by atoms with Crippen molar-refractivity contribution in [3.63, 3.8) is 0 Å². The second kappa shape index (κ2) is 8.14. The summed E-state index contributed by atoms with van der Waals surface area (Å²) in [6.07, 6.45) is 4.16. The Bertz CT molecular complexity index is 1090. The normalized spacial score (nSPS) is 15.6. The molecule has 2 heterocycles. The molecule has 1 fully saturated rings. The fourth-order valence-electron chi connectivity index (χ4n) is 4.12. The molecule has 0 radical (unpaired) electrons. The van der Waals surface area contributed by atoms with Gasteiger partial charge in [-0.1, -0.05) is 6.92 Å². The number of nitrogens with two attached hydrogens (primary N) is 1. The summed E-state index contributed by atoms with van der Waals surface area (Å²) in [5.74, 6) is -0.519. The summed E-state index contributed by atoms with van der Waals surface area (Å²) in [6.45, 7) is 5.72. The van der Waals surface area contributed by atoms with Gasteiger partial charge in [-0.05, 0) is 75.6 Å². The minimum absolute atomic E-state index is 0.192. The molecule has 0 bridgehead atoms. The Morgan fingerprint density at radius 3 is 2.67 bits per heavy atom. The molecule has 3 N–H and O–H groups in total. The summed E-state index contributed by atoms with van der Waals surface area (Å²) < 4.78 is 30.1. The fraction of sp³-hybridized carbons (Fsp3) is 0.391. The van der Waals surface area contributed by atoms with Crippen LogP contribution < -0.4 is 11.1 Å². The van der Waals surface area contributed by atoms with E-state index in [0.29, 0.717) is 40.6 Å². The van der Waals surface area contributed by atoms with E-state index in [2.05, 4.69) is 27.2 Å². The standard InChI is InChI=1S/C23H27F2N5/c1-4-14-11-16(20-13(2)19(26)6-5-18(20)24)21(25)17-12-27-23(29-22(14)17)28-15-7-9-30(3)10-8-15/h5-6,11-12,15H,4,7-10,26H2,1-3H3,(H,27,28,29). The molecule has 30 heavy (non-hydrogen) atoms. The third-order valence-corrected chi connectivity index (χ3v) is 6.04. The molecule has 0 atom stereocenters. The molecule has 0 unspecified atom stereocenters. The lowest BCUT2D eigenvalue weighted by Gasteiger charge is -2.29. The Morgan fingerprint density at radius 1 is 1.23 bits per heavy atom. The van der Waals surface area contributed by atoms with Crippen molar-refractivity contribution in [2.45, 2.75) is 39.2 Å². The van der Waals surface area contributed by atoms with Crippen molar-refractivity contribution in [2.75, 3.05) is 31.2 Å². The maximum atomic E-state index is 15.5. The first-order valence-corrected chi connectivity index (χ1v) is 10.4. The first-order valence-electron chi connectivity index (χ1n) is 10.4. The Hall–Kier alpha value is -2.80. The minimum atomic E-state index is -0.527. The molecular formula is C23H27F2N5. The third-order valence-electron chi connectivity index (χ3n) is 6.04. The van der Waals surface area contributed by atoms with Gasteiger partial charge in [0.2, 0.25) is 5.95 Å². The van der Waals surface area contributed by atoms with Gasteiger partial charge < -0.3 is 16.0 Å². The van der Waals surface area contributed by atoms with Crippen molar-refractivity contribution in [3.05, 3.63) is 47.2 Å². The molecule has 3 aromatic rings. The van der Waals surface area contributed by atoms with E-state index in [1.807, 2.05) is 6.92 Å². The number of benzene rings is 2. The van der Waals surface area contributed by atoms with Crippen LogP contribution in [0.15, 0.2) is 24.4 Å². The molecular weight excluding hydrogens is 384 g/mol. The lowest BCUT2D eigenvalue weighted by molar-refractivity contribution is 0.263. The van der Waals surface area contributed by atoms with Crippen LogP contribution in [0.25, 0.3) is 22.0 Å². The molecule has 1 aliphatic rings. The van der Waals surface area contributed by atoms with E-state index in [0.717, 1.165) is 31.5 Å². The number of nitrogens with one attached hydrogen (secondary N) is 1. The quantitative estimate of drug-likeness (QED) is 0.617. The second-order valence-electron chi connectivity index (χ2n) is 8.07.